The minimum absolute atomic E-state index is 0.380. The number of nitrogens with one attached hydrogen (secondary N) is 2. The number of methoxy groups -OCH3 is 2. The number of anilines is 1. The van der Waals surface area contributed by atoms with Crippen molar-refractivity contribution in [3.8, 4) is 5.75 Å². The molecule has 1 aromatic carbocycles. The number of ether oxygens (including phenoxy) is 2. The van der Waals surface area contributed by atoms with Gasteiger partial charge in [0.1, 0.15) is 5.75 Å². The summed E-state index contributed by atoms with van der Waals surface area (Å²) in [5, 5.41) is 7.07. The predicted molar refractivity (Wildman–Crippen MR) is 119 cm³/mol. The van der Waals surface area contributed by atoms with E-state index in [1.165, 1.54) is 18.5 Å². The summed E-state index contributed by atoms with van der Waals surface area (Å²) in [6, 6.07) is 9.15. The average molecular weight is 404 g/mol. The molecule has 0 saturated carbocycles. The average Bonchev–Trinajstić information content (AvgIpc) is 3.40. The number of aliphatic imine (C=N–C) groups is 1. The van der Waals surface area contributed by atoms with E-state index in [4.69, 9.17) is 14.5 Å². The molecule has 0 amide bonds. The molecule has 2 fully saturated rings. The highest BCUT2D eigenvalue weighted by molar-refractivity contribution is 5.80. The zero-order chi connectivity index (χ0) is 20.5. The first-order valence-electron chi connectivity index (χ1n) is 10.9. The summed E-state index contributed by atoms with van der Waals surface area (Å²) in [5.74, 6) is 1.86. The molecule has 2 atom stereocenters. The van der Waals surface area contributed by atoms with Crippen LogP contribution in [0.1, 0.15) is 26.2 Å². The number of rotatable bonds is 9. The summed E-state index contributed by atoms with van der Waals surface area (Å²) in [4.78, 5) is 9.82. The first kappa shape index (κ1) is 21.7. The van der Waals surface area contributed by atoms with Crippen LogP contribution in [0, 0.1) is 0 Å². The third kappa shape index (κ3) is 6.00. The number of nitrogens with zero attached hydrogens (tertiary/aromatic N) is 3. The molecule has 2 aliphatic heterocycles. The normalized spacial score (nSPS) is 22.9. The summed E-state index contributed by atoms with van der Waals surface area (Å²) in [6.45, 7) is 8.74. The third-order valence-corrected chi connectivity index (χ3v) is 5.84. The molecule has 0 aliphatic carbocycles. The van der Waals surface area contributed by atoms with E-state index in [-0.39, 0.29) is 0 Å². The Morgan fingerprint density at radius 3 is 2.86 bits per heavy atom. The van der Waals surface area contributed by atoms with E-state index in [2.05, 4.69) is 39.5 Å². The minimum Gasteiger partial charge on any atom is -0.495 e. The maximum absolute atomic E-state index is 5.53. The molecule has 2 heterocycles. The second-order valence-electron chi connectivity index (χ2n) is 7.79. The van der Waals surface area contributed by atoms with Gasteiger partial charge < -0.3 is 25.0 Å². The topological polar surface area (TPSA) is 61.4 Å². The Kier molecular flexibility index (Phi) is 8.43. The van der Waals surface area contributed by atoms with E-state index >= 15 is 0 Å². The zero-order valence-corrected chi connectivity index (χ0v) is 18.2. The van der Waals surface area contributed by atoms with Crippen molar-refractivity contribution in [1.29, 1.82) is 0 Å². The van der Waals surface area contributed by atoms with Crippen LogP contribution in [-0.2, 0) is 4.74 Å². The van der Waals surface area contributed by atoms with E-state index in [1.807, 2.05) is 12.1 Å². The van der Waals surface area contributed by atoms with E-state index in [0.29, 0.717) is 12.1 Å². The fourth-order valence-electron chi connectivity index (χ4n) is 4.30. The van der Waals surface area contributed by atoms with Gasteiger partial charge in [0, 0.05) is 45.4 Å². The lowest BCUT2D eigenvalue weighted by atomic mass is 10.2. The quantitative estimate of drug-likeness (QED) is 0.485. The Hall–Kier alpha value is -1.99. The second kappa shape index (κ2) is 11.3. The molecule has 29 heavy (non-hydrogen) atoms. The van der Waals surface area contributed by atoms with E-state index < -0.39 is 0 Å². The van der Waals surface area contributed by atoms with Gasteiger partial charge in [-0.15, -0.1) is 0 Å². The Labute approximate surface area is 175 Å². The maximum Gasteiger partial charge on any atom is 0.191 e. The smallest absolute Gasteiger partial charge is 0.191 e. The van der Waals surface area contributed by atoms with Crippen molar-refractivity contribution < 1.29 is 9.47 Å². The fourth-order valence-corrected chi connectivity index (χ4v) is 4.30. The lowest BCUT2D eigenvalue weighted by molar-refractivity contribution is 0.142. The standard InChI is InChI=1S/C22H37N5O2/c1-4-23-22(24-16-19-8-7-12-26(19)14-15-28-2)25-18-11-13-27(17-18)20-9-5-6-10-21(20)29-3/h5-6,9-10,18-19H,4,7-8,11-17H2,1-3H3,(H2,23,24,25). The van der Waals surface area contributed by atoms with Gasteiger partial charge in [-0.1, -0.05) is 12.1 Å². The SMILES string of the molecule is CCNC(=NCC1CCCN1CCOC)NC1CCN(c2ccccc2OC)C1. The maximum atomic E-state index is 5.53. The van der Waals surface area contributed by atoms with Gasteiger partial charge in [-0.3, -0.25) is 9.89 Å². The summed E-state index contributed by atoms with van der Waals surface area (Å²) in [5.41, 5.74) is 1.17. The molecule has 0 aromatic heterocycles. The molecule has 2 N–H and O–H groups in total. The van der Waals surface area contributed by atoms with Gasteiger partial charge in [-0.05, 0) is 44.9 Å². The highest BCUT2D eigenvalue weighted by Crippen LogP contribution is 2.30. The molecule has 0 radical (unpaired) electrons. The largest absolute Gasteiger partial charge is 0.495 e. The number of benzene rings is 1. The minimum atomic E-state index is 0.380. The van der Waals surface area contributed by atoms with Gasteiger partial charge in [0.2, 0.25) is 0 Å². The van der Waals surface area contributed by atoms with Crippen LogP contribution in [0.5, 0.6) is 5.75 Å². The van der Waals surface area contributed by atoms with E-state index in [9.17, 15) is 0 Å². The Morgan fingerprint density at radius 1 is 1.21 bits per heavy atom. The molecule has 2 aliphatic rings. The number of guanidine groups is 1. The van der Waals surface area contributed by atoms with Crippen LogP contribution >= 0.6 is 0 Å². The van der Waals surface area contributed by atoms with Crippen LogP contribution < -0.4 is 20.3 Å². The van der Waals surface area contributed by atoms with Crippen molar-refractivity contribution in [1.82, 2.24) is 15.5 Å². The molecule has 3 rings (SSSR count). The first-order chi connectivity index (χ1) is 14.2. The van der Waals surface area contributed by atoms with Gasteiger partial charge in [0.15, 0.2) is 5.96 Å². The fraction of sp³-hybridized carbons (Fsp3) is 0.682. The zero-order valence-electron chi connectivity index (χ0n) is 18.2. The predicted octanol–water partition coefficient (Wildman–Crippen LogP) is 1.94. The highest BCUT2D eigenvalue weighted by Gasteiger charge is 2.26. The van der Waals surface area contributed by atoms with Crippen molar-refractivity contribution in [2.75, 3.05) is 65.0 Å². The second-order valence-corrected chi connectivity index (χ2v) is 7.79. The van der Waals surface area contributed by atoms with Crippen molar-refractivity contribution in [2.45, 2.75) is 38.3 Å². The number of para-hydroxylation sites is 2. The van der Waals surface area contributed by atoms with Crippen molar-refractivity contribution in [3.05, 3.63) is 24.3 Å². The van der Waals surface area contributed by atoms with Gasteiger partial charge in [0.25, 0.3) is 0 Å². The molecule has 1 aromatic rings. The molecule has 0 bridgehead atoms. The first-order valence-corrected chi connectivity index (χ1v) is 10.9. The number of hydrogen-bond donors (Lipinski definition) is 2. The molecule has 2 saturated heterocycles. The lowest BCUT2D eigenvalue weighted by Crippen LogP contribution is -2.45. The van der Waals surface area contributed by atoms with Crippen LogP contribution in [0.25, 0.3) is 0 Å². The Balaban J connectivity index is 1.55. The third-order valence-electron chi connectivity index (χ3n) is 5.84. The Bertz CT molecular complexity index is 654. The molecule has 7 nitrogen and oxygen atoms in total. The van der Waals surface area contributed by atoms with Crippen molar-refractivity contribution >= 4 is 11.6 Å². The lowest BCUT2D eigenvalue weighted by Gasteiger charge is -2.24. The van der Waals surface area contributed by atoms with Crippen molar-refractivity contribution in [2.24, 2.45) is 4.99 Å². The van der Waals surface area contributed by atoms with Crippen LogP contribution in [0.4, 0.5) is 5.69 Å². The van der Waals surface area contributed by atoms with Gasteiger partial charge in [-0.25, -0.2) is 0 Å². The summed E-state index contributed by atoms with van der Waals surface area (Å²) in [6.07, 6.45) is 3.56. The van der Waals surface area contributed by atoms with E-state index in [0.717, 1.165) is 64.0 Å². The Morgan fingerprint density at radius 2 is 2.07 bits per heavy atom. The van der Waals surface area contributed by atoms with Crippen LogP contribution in [-0.4, -0.2) is 83.0 Å². The number of likely N-dealkylation sites (tertiary alicyclic amines) is 1. The summed E-state index contributed by atoms with van der Waals surface area (Å²) in [7, 11) is 3.51. The van der Waals surface area contributed by atoms with E-state index in [1.54, 1.807) is 14.2 Å². The van der Waals surface area contributed by atoms with Crippen molar-refractivity contribution in [3.63, 3.8) is 0 Å². The van der Waals surface area contributed by atoms with Crippen LogP contribution in [0.2, 0.25) is 0 Å². The van der Waals surface area contributed by atoms with Gasteiger partial charge in [-0.2, -0.15) is 0 Å². The molecular weight excluding hydrogens is 366 g/mol. The van der Waals surface area contributed by atoms with Gasteiger partial charge in [0.05, 0.1) is 25.9 Å². The molecule has 162 valence electrons. The van der Waals surface area contributed by atoms with Crippen LogP contribution in [0.15, 0.2) is 29.3 Å². The molecule has 2 unspecified atom stereocenters. The summed E-state index contributed by atoms with van der Waals surface area (Å²) < 4.78 is 10.8. The molecule has 7 heteroatoms. The van der Waals surface area contributed by atoms with Gasteiger partial charge >= 0.3 is 0 Å². The highest BCUT2D eigenvalue weighted by atomic mass is 16.5. The monoisotopic (exact) mass is 403 g/mol. The van der Waals surface area contributed by atoms with Crippen LogP contribution in [0.3, 0.4) is 0 Å². The molecule has 0 spiro atoms. The molecular formula is C22H37N5O2. The number of hydrogen-bond acceptors (Lipinski definition) is 5. The summed E-state index contributed by atoms with van der Waals surface area (Å²) >= 11 is 0.